The van der Waals surface area contributed by atoms with Gasteiger partial charge in [-0.3, -0.25) is 0 Å². The minimum absolute atomic E-state index is 0.262. The summed E-state index contributed by atoms with van der Waals surface area (Å²) in [4.78, 5) is 25.4. The van der Waals surface area contributed by atoms with Crippen LogP contribution in [0.4, 0.5) is 4.79 Å². The monoisotopic (exact) mass is 297 g/mol. The number of piperidine rings is 1. The molecule has 120 valence electrons. The van der Waals surface area contributed by atoms with Gasteiger partial charge in [-0.25, -0.2) is 9.59 Å². The second-order valence-corrected chi connectivity index (χ2v) is 6.96. The Hall–Kier alpha value is -1.52. The Morgan fingerprint density at radius 1 is 1.33 bits per heavy atom. The van der Waals surface area contributed by atoms with Gasteiger partial charge in [-0.15, -0.1) is 0 Å². The zero-order valence-electron chi connectivity index (χ0n) is 14.0. The summed E-state index contributed by atoms with van der Waals surface area (Å²) in [7, 11) is 0. The van der Waals surface area contributed by atoms with Crippen molar-refractivity contribution in [1.29, 1.82) is 0 Å². The summed E-state index contributed by atoms with van der Waals surface area (Å²) in [6.07, 6.45) is 1.92. The number of amides is 1. The van der Waals surface area contributed by atoms with Crippen molar-refractivity contribution in [1.82, 2.24) is 4.90 Å². The van der Waals surface area contributed by atoms with E-state index in [2.05, 4.69) is 0 Å². The van der Waals surface area contributed by atoms with E-state index in [-0.39, 0.29) is 17.5 Å². The smallest absolute Gasteiger partial charge is 0.410 e. The Balaban J connectivity index is 2.74. The summed E-state index contributed by atoms with van der Waals surface area (Å²) in [5.74, 6) is -0.314. The van der Waals surface area contributed by atoms with E-state index in [0.29, 0.717) is 26.1 Å². The molecule has 1 amide bonds. The zero-order valence-corrected chi connectivity index (χ0v) is 14.0. The number of rotatable bonds is 2. The van der Waals surface area contributed by atoms with Crippen molar-refractivity contribution >= 4 is 12.1 Å². The van der Waals surface area contributed by atoms with Crippen molar-refractivity contribution in [2.24, 2.45) is 5.41 Å². The molecule has 0 aliphatic carbocycles. The van der Waals surface area contributed by atoms with Gasteiger partial charge in [-0.05, 0) is 34.1 Å². The van der Waals surface area contributed by atoms with Gasteiger partial charge in [0.1, 0.15) is 5.60 Å². The summed E-state index contributed by atoms with van der Waals surface area (Å²) >= 11 is 0. The number of hydrogen-bond donors (Lipinski definition) is 0. The molecular formula is C16H27NO4. The number of carbonyl (C=O) groups excluding carboxylic acids is 2. The van der Waals surface area contributed by atoms with Crippen molar-refractivity contribution < 1.29 is 19.1 Å². The fourth-order valence-electron chi connectivity index (χ4n) is 2.33. The number of ether oxygens (including phenoxy) is 2. The molecule has 0 aromatic carbocycles. The molecule has 1 fully saturated rings. The number of hydrogen-bond acceptors (Lipinski definition) is 4. The van der Waals surface area contributed by atoms with Crippen molar-refractivity contribution in [3.63, 3.8) is 0 Å². The molecule has 5 heteroatoms. The first-order valence-electron chi connectivity index (χ1n) is 7.41. The van der Waals surface area contributed by atoms with E-state index in [0.717, 1.165) is 5.57 Å². The Morgan fingerprint density at radius 3 is 2.43 bits per heavy atom. The number of likely N-dealkylation sites (tertiary alicyclic amines) is 1. The molecule has 1 saturated heterocycles. The molecule has 0 aromatic heterocycles. The third-order valence-electron chi connectivity index (χ3n) is 3.34. The second-order valence-electron chi connectivity index (χ2n) is 6.96. The van der Waals surface area contributed by atoms with Gasteiger partial charge in [0.25, 0.3) is 0 Å². The van der Waals surface area contributed by atoms with Crippen LogP contribution in [0.5, 0.6) is 0 Å². The summed E-state index contributed by atoms with van der Waals surface area (Å²) in [5.41, 5.74) is 0.255. The van der Waals surface area contributed by atoms with Gasteiger partial charge in [-0.1, -0.05) is 19.4 Å². The van der Waals surface area contributed by atoms with E-state index in [1.165, 1.54) is 0 Å². The van der Waals surface area contributed by atoms with Gasteiger partial charge in [0.15, 0.2) is 0 Å². The van der Waals surface area contributed by atoms with Crippen LogP contribution < -0.4 is 0 Å². The lowest BCUT2D eigenvalue weighted by Crippen LogP contribution is -2.46. The van der Waals surface area contributed by atoms with Crippen molar-refractivity contribution in [2.75, 3.05) is 19.7 Å². The van der Waals surface area contributed by atoms with Crippen LogP contribution in [0, 0.1) is 5.41 Å². The third kappa shape index (κ3) is 5.40. The molecule has 1 rings (SSSR count). The van der Waals surface area contributed by atoms with Crippen LogP contribution in [0.1, 0.15) is 48.0 Å². The molecule has 1 heterocycles. The van der Waals surface area contributed by atoms with Crippen molar-refractivity contribution in [3.8, 4) is 0 Å². The molecule has 0 saturated carbocycles. The van der Waals surface area contributed by atoms with Gasteiger partial charge < -0.3 is 14.4 Å². The van der Waals surface area contributed by atoms with E-state index in [4.69, 9.17) is 9.47 Å². The van der Waals surface area contributed by atoms with Crippen LogP contribution >= 0.6 is 0 Å². The summed E-state index contributed by atoms with van der Waals surface area (Å²) in [6, 6.07) is 0. The quantitative estimate of drug-likeness (QED) is 0.580. The van der Waals surface area contributed by atoms with Crippen LogP contribution in [0.3, 0.4) is 0 Å². The highest BCUT2D eigenvalue weighted by molar-refractivity contribution is 5.83. The summed E-state index contributed by atoms with van der Waals surface area (Å²) in [5, 5.41) is 0. The van der Waals surface area contributed by atoms with Gasteiger partial charge in [0, 0.05) is 24.6 Å². The first-order valence-corrected chi connectivity index (χ1v) is 7.41. The Labute approximate surface area is 127 Å². The molecule has 1 aliphatic rings. The normalized spacial score (nSPS) is 20.3. The third-order valence-corrected chi connectivity index (χ3v) is 3.34. The molecule has 0 bridgehead atoms. The highest BCUT2D eigenvalue weighted by Crippen LogP contribution is 2.34. The standard InChI is InChI=1S/C16H27NO4/c1-7-20-13(18)10-12-8-9-17(11-16(12,5)6)14(19)21-15(2,3)4/h10H,7-9,11H2,1-6H3/b12-10-. The summed E-state index contributed by atoms with van der Waals surface area (Å²) < 4.78 is 10.4. The average molecular weight is 297 g/mol. The van der Waals surface area contributed by atoms with Gasteiger partial charge >= 0.3 is 12.1 Å². The molecule has 0 unspecified atom stereocenters. The SMILES string of the molecule is CCOC(=O)/C=C1/CCN(C(=O)OC(C)(C)C)CC1(C)C. The fraction of sp³-hybridized carbons (Fsp3) is 0.750. The zero-order chi connectivity index (χ0) is 16.3. The molecule has 0 spiro atoms. The Bertz CT molecular complexity index is 432. The minimum atomic E-state index is -0.498. The number of esters is 1. The van der Waals surface area contributed by atoms with E-state index >= 15 is 0 Å². The van der Waals surface area contributed by atoms with Crippen LogP contribution in [0.25, 0.3) is 0 Å². The van der Waals surface area contributed by atoms with Crippen LogP contribution in [-0.4, -0.2) is 42.3 Å². The van der Waals surface area contributed by atoms with Gasteiger partial charge in [0.2, 0.25) is 0 Å². The lowest BCUT2D eigenvalue weighted by atomic mass is 9.79. The molecule has 1 aliphatic heterocycles. The predicted octanol–water partition coefficient (Wildman–Crippen LogP) is 3.14. The largest absolute Gasteiger partial charge is 0.463 e. The number of carbonyl (C=O) groups is 2. The molecular weight excluding hydrogens is 270 g/mol. The van der Waals surface area contributed by atoms with Crippen LogP contribution in [0.2, 0.25) is 0 Å². The molecule has 0 N–H and O–H groups in total. The van der Waals surface area contributed by atoms with Crippen LogP contribution in [0.15, 0.2) is 11.6 Å². The summed E-state index contributed by atoms with van der Waals surface area (Å²) in [6.45, 7) is 12.9. The van der Waals surface area contributed by atoms with Gasteiger partial charge in [0.05, 0.1) is 6.61 Å². The van der Waals surface area contributed by atoms with Crippen molar-refractivity contribution in [3.05, 3.63) is 11.6 Å². The molecule has 21 heavy (non-hydrogen) atoms. The van der Waals surface area contributed by atoms with E-state index in [1.54, 1.807) is 17.9 Å². The first-order chi connectivity index (χ1) is 9.55. The topological polar surface area (TPSA) is 55.8 Å². The molecule has 0 radical (unpaired) electrons. The highest BCUT2D eigenvalue weighted by Gasteiger charge is 2.35. The lowest BCUT2D eigenvalue weighted by Gasteiger charge is -2.40. The Kier molecular flexibility index (Phi) is 5.42. The predicted molar refractivity (Wildman–Crippen MR) is 80.9 cm³/mol. The highest BCUT2D eigenvalue weighted by atomic mass is 16.6. The molecule has 5 nitrogen and oxygen atoms in total. The molecule has 0 atom stereocenters. The average Bonchev–Trinajstić information content (AvgIpc) is 2.29. The lowest BCUT2D eigenvalue weighted by molar-refractivity contribution is -0.137. The molecule has 0 aromatic rings. The van der Waals surface area contributed by atoms with Gasteiger partial charge in [-0.2, -0.15) is 0 Å². The maximum Gasteiger partial charge on any atom is 0.410 e. The minimum Gasteiger partial charge on any atom is -0.463 e. The van der Waals surface area contributed by atoms with E-state index < -0.39 is 5.60 Å². The maximum atomic E-state index is 12.1. The van der Waals surface area contributed by atoms with Crippen LogP contribution in [-0.2, 0) is 14.3 Å². The van der Waals surface area contributed by atoms with Crippen molar-refractivity contribution in [2.45, 2.75) is 53.6 Å². The second kappa shape index (κ2) is 6.50. The fourth-order valence-corrected chi connectivity index (χ4v) is 2.33. The first kappa shape index (κ1) is 17.5. The van der Waals surface area contributed by atoms with E-state index in [1.807, 2.05) is 34.6 Å². The Morgan fingerprint density at radius 2 is 1.95 bits per heavy atom. The number of nitrogens with zero attached hydrogens (tertiary/aromatic N) is 1. The maximum absolute atomic E-state index is 12.1. The van der Waals surface area contributed by atoms with E-state index in [9.17, 15) is 9.59 Å².